The predicted octanol–water partition coefficient (Wildman–Crippen LogP) is 6.69. The molecule has 0 heterocycles. The monoisotopic (exact) mass is 547 g/mol. The van der Waals surface area contributed by atoms with Crippen molar-refractivity contribution >= 4 is 12.1 Å². The van der Waals surface area contributed by atoms with Crippen LogP contribution in [0.4, 0.5) is 4.79 Å². The van der Waals surface area contributed by atoms with Gasteiger partial charge < -0.3 is 24.2 Å². The Morgan fingerprint density at radius 2 is 1.57 bits per heavy atom. The first-order valence-corrected chi connectivity index (χ1v) is 13.6. The molecule has 0 aliphatic rings. The molecule has 7 nitrogen and oxygen atoms in total. The van der Waals surface area contributed by atoms with Gasteiger partial charge in [-0.2, -0.15) is 0 Å². The van der Waals surface area contributed by atoms with Gasteiger partial charge in [0.15, 0.2) is 0 Å². The number of aliphatic hydroxyl groups is 1. The molecule has 3 aromatic carbocycles. The van der Waals surface area contributed by atoms with Crippen LogP contribution in [0.2, 0.25) is 0 Å². The van der Waals surface area contributed by atoms with Crippen LogP contribution in [0.15, 0.2) is 72.8 Å². The largest absolute Gasteiger partial charge is 0.492 e. The van der Waals surface area contributed by atoms with Crippen LogP contribution < -0.4 is 4.74 Å². The number of carbonyl (C=O) groups is 2. The van der Waals surface area contributed by atoms with E-state index in [0.717, 1.165) is 22.3 Å². The Hall–Kier alpha value is -3.84. The Morgan fingerprint density at radius 1 is 0.925 bits per heavy atom. The third-order valence-corrected chi connectivity index (χ3v) is 6.15. The van der Waals surface area contributed by atoms with Gasteiger partial charge in [0.2, 0.25) is 0 Å². The zero-order valence-electron chi connectivity index (χ0n) is 24.3. The minimum Gasteiger partial charge on any atom is -0.492 e. The number of aliphatic hydroxyl groups excluding tert-OH is 1. The summed E-state index contributed by atoms with van der Waals surface area (Å²) in [7, 11) is 1.35. The molecule has 0 aliphatic heterocycles. The van der Waals surface area contributed by atoms with Crippen molar-refractivity contribution in [1.29, 1.82) is 0 Å². The number of nitrogens with zero attached hydrogens (tertiary/aromatic N) is 1. The van der Waals surface area contributed by atoms with Crippen molar-refractivity contribution in [2.24, 2.45) is 5.92 Å². The number of methoxy groups -OCH3 is 1. The Bertz CT molecular complexity index is 1250. The molecule has 7 heteroatoms. The van der Waals surface area contributed by atoms with E-state index in [1.54, 1.807) is 11.0 Å². The molecule has 1 atom stereocenters. The van der Waals surface area contributed by atoms with Gasteiger partial charge in [-0.25, -0.2) is 9.59 Å². The zero-order chi connectivity index (χ0) is 29.3. The molecule has 0 unspecified atom stereocenters. The second-order valence-electron chi connectivity index (χ2n) is 11.2. The van der Waals surface area contributed by atoms with Crippen LogP contribution >= 0.6 is 0 Å². The maximum absolute atomic E-state index is 13.0. The van der Waals surface area contributed by atoms with Crippen LogP contribution in [-0.4, -0.2) is 54.5 Å². The standard InChI is InChI=1S/C33H41NO6/c1-23(2)22-39-30-20-27(16-17-28(30)31(36)38-6)25-14-12-24(13-15-25)18-19-34(32(37)40-33(3,4)5)21-29(35)26-10-8-7-9-11-26/h7-17,20,23,29,35H,18-19,21-22H2,1-6H3/t29-/m0/s1. The molecule has 0 saturated carbocycles. The summed E-state index contributed by atoms with van der Waals surface area (Å²) in [6, 6.07) is 22.8. The Balaban J connectivity index is 1.74. The quantitative estimate of drug-likeness (QED) is 0.269. The summed E-state index contributed by atoms with van der Waals surface area (Å²) in [5.41, 5.74) is 3.42. The summed E-state index contributed by atoms with van der Waals surface area (Å²) >= 11 is 0. The normalized spacial score (nSPS) is 12.1. The molecule has 214 valence electrons. The molecule has 40 heavy (non-hydrogen) atoms. The first-order valence-electron chi connectivity index (χ1n) is 13.6. The second kappa shape index (κ2) is 14.0. The lowest BCUT2D eigenvalue weighted by atomic mass is 10.0. The van der Waals surface area contributed by atoms with Crippen LogP contribution in [0.3, 0.4) is 0 Å². The molecule has 3 aromatic rings. The number of ether oxygens (including phenoxy) is 3. The highest BCUT2D eigenvalue weighted by Crippen LogP contribution is 2.29. The summed E-state index contributed by atoms with van der Waals surface area (Å²) in [6.07, 6.45) is -0.694. The highest BCUT2D eigenvalue weighted by atomic mass is 16.6. The van der Waals surface area contributed by atoms with E-state index in [2.05, 4.69) is 0 Å². The van der Waals surface area contributed by atoms with Crippen molar-refractivity contribution in [1.82, 2.24) is 4.90 Å². The zero-order valence-corrected chi connectivity index (χ0v) is 24.3. The van der Waals surface area contributed by atoms with Crippen LogP contribution in [0.5, 0.6) is 5.75 Å². The number of hydrogen-bond donors (Lipinski definition) is 1. The summed E-state index contributed by atoms with van der Waals surface area (Å²) < 4.78 is 16.4. The molecule has 0 aliphatic carbocycles. The summed E-state index contributed by atoms with van der Waals surface area (Å²) in [5, 5.41) is 10.8. The van der Waals surface area contributed by atoms with Gasteiger partial charge in [0, 0.05) is 6.54 Å². The van der Waals surface area contributed by atoms with Gasteiger partial charge in [0.25, 0.3) is 0 Å². The predicted molar refractivity (Wildman–Crippen MR) is 156 cm³/mol. The number of carbonyl (C=O) groups excluding carboxylic acids is 2. The molecule has 0 fully saturated rings. The van der Waals surface area contributed by atoms with E-state index in [1.165, 1.54) is 7.11 Å². The summed E-state index contributed by atoms with van der Waals surface area (Å²) in [6.45, 7) is 10.6. The molecule has 0 bridgehead atoms. The molecule has 0 aromatic heterocycles. The molecular weight excluding hydrogens is 506 g/mol. The molecule has 3 rings (SSSR count). The molecule has 0 spiro atoms. The fraction of sp³-hybridized carbons (Fsp3) is 0.394. The number of rotatable bonds is 11. The van der Waals surface area contributed by atoms with Gasteiger partial charge >= 0.3 is 12.1 Å². The van der Waals surface area contributed by atoms with E-state index >= 15 is 0 Å². The van der Waals surface area contributed by atoms with E-state index in [4.69, 9.17) is 14.2 Å². The molecule has 0 saturated heterocycles. The number of amides is 1. The lowest BCUT2D eigenvalue weighted by molar-refractivity contribution is 0.0147. The van der Waals surface area contributed by atoms with Crippen LogP contribution in [-0.2, 0) is 15.9 Å². The third kappa shape index (κ3) is 9.12. The van der Waals surface area contributed by atoms with Crippen molar-refractivity contribution in [3.63, 3.8) is 0 Å². The van der Waals surface area contributed by atoms with Gasteiger partial charge in [-0.3, -0.25) is 0 Å². The Morgan fingerprint density at radius 3 is 2.17 bits per heavy atom. The lowest BCUT2D eigenvalue weighted by Gasteiger charge is -2.29. The minimum absolute atomic E-state index is 0.128. The Kier molecular flexibility index (Phi) is 10.7. The molecule has 1 N–H and O–H groups in total. The van der Waals surface area contributed by atoms with Crippen LogP contribution in [0.25, 0.3) is 11.1 Å². The van der Waals surface area contributed by atoms with Crippen LogP contribution in [0.1, 0.15) is 62.2 Å². The highest BCUT2D eigenvalue weighted by Gasteiger charge is 2.24. The van der Waals surface area contributed by atoms with E-state index < -0.39 is 23.8 Å². The fourth-order valence-electron chi connectivity index (χ4n) is 4.06. The minimum atomic E-state index is -0.823. The third-order valence-electron chi connectivity index (χ3n) is 6.15. The average molecular weight is 548 g/mol. The maximum Gasteiger partial charge on any atom is 0.410 e. The van der Waals surface area contributed by atoms with Crippen molar-refractivity contribution in [3.8, 4) is 16.9 Å². The molecule has 1 amide bonds. The van der Waals surface area contributed by atoms with E-state index in [1.807, 2.05) is 101 Å². The van der Waals surface area contributed by atoms with E-state index in [9.17, 15) is 14.7 Å². The molecular formula is C33H41NO6. The van der Waals surface area contributed by atoms with Crippen molar-refractivity contribution in [2.45, 2.75) is 52.7 Å². The maximum atomic E-state index is 13.0. The van der Waals surface area contributed by atoms with Gasteiger partial charge in [0.1, 0.15) is 16.9 Å². The van der Waals surface area contributed by atoms with Gasteiger partial charge in [-0.05, 0) is 67.5 Å². The average Bonchev–Trinajstić information content (AvgIpc) is 2.93. The van der Waals surface area contributed by atoms with Gasteiger partial charge in [0.05, 0.1) is 26.4 Å². The SMILES string of the molecule is COC(=O)c1ccc(-c2ccc(CCN(C[C@H](O)c3ccccc3)C(=O)OC(C)(C)C)cc2)cc1OCC(C)C. The van der Waals surface area contributed by atoms with E-state index in [-0.39, 0.29) is 6.54 Å². The Labute approximate surface area is 237 Å². The number of hydrogen-bond acceptors (Lipinski definition) is 6. The second-order valence-corrected chi connectivity index (χ2v) is 11.2. The topological polar surface area (TPSA) is 85.3 Å². The number of benzene rings is 3. The van der Waals surface area contributed by atoms with Crippen molar-refractivity contribution in [2.75, 3.05) is 26.8 Å². The van der Waals surface area contributed by atoms with E-state index in [0.29, 0.717) is 36.8 Å². The number of esters is 1. The van der Waals surface area contributed by atoms with Gasteiger partial charge in [-0.1, -0.05) is 74.5 Å². The first kappa shape index (κ1) is 30.7. The molecule has 0 radical (unpaired) electrons. The summed E-state index contributed by atoms with van der Waals surface area (Å²) in [5.74, 6) is 0.363. The highest BCUT2D eigenvalue weighted by molar-refractivity contribution is 5.93. The van der Waals surface area contributed by atoms with Gasteiger partial charge in [-0.15, -0.1) is 0 Å². The van der Waals surface area contributed by atoms with Crippen LogP contribution in [0, 0.1) is 5.92 Å². The first-order chi connectivity index (χ1) is 19.0. The summed E-state index contributed by atoms with van der Waals surface area (Å²) in [4.78, 5) is 26.7. The smallest absolute Gasteiger partial charge is 0.410 e. The fourth-order valence-corrected chi connectivity index (χ4v) is 4.06. The van der Waals surface area contributed by atoms with Crippen molar-refractivity contribution < 1.29 is 28.9 Å². The lowest BCUT2D eigenvalue weighted by Crippen LogP contribution is -2.40. The van der Waals surface area contributed by atoms with Crippen molar-refractivity contribution in [3.05, 3.63) is 89.5 Å².